The van der Waals surface area contributed by atoms with Gasteiger partial charge in [-0.15, -0.1) is 0 Å². The topological polar surface area (TPSA) is 80.0 Å². The van der Waals surface area contributed by atoms with E-state index in [4.69, 9.17) is 9.73 Å². The standard InChI is InChI=1S/C26H22F3N5O2/c27-26(28,29)20-5-2-18(3-6-20)19-4-7-22-21(14-19)24(32-11-13-36-22)34-12-8-17(16-34)15-33-25(35)23-30-9-1-10-31-23/h1-7,9-10,14-15,17H,8,11-13,16H2. The van der Waals surface area contributed by atoms with Crippen LogP contribution >= 0.6 is 0 Å². The Hall–Kier alpha value is -4.08. The normalized spacial score (nSPS) is 17.9. The first-order valence-corrected chi connectivity index (χ1v) is 11.5. The Morgan fingerprint density at radius 3 is 2.58 bits per heavy atom. The molecule has 7 nitrogen and oxygen atoms in total. The highest BCUT2D eigenvalue weighted by molar-refractivity contribution is 6.03. The molecule has 10 heteroatoms. The number of ether oxygens (including phenoxy) is 1. The van der Waals surface area contributed by atoms with Gasteiger partial charge < -0.3 is 9.64 Å². The summed E-state index contributed by atoms with van der Waals surface area (Å²) in [7, 11) is 0. The SMILES string of the molecule is O=C(N=CC1CCN(C2=NCCOc3ccc(-c4ccc(C(F)(F)F)cc4)cc32)C1)c1ncccn1. The number of rotatable bonds is 3. The number of carbonyl (C=O) groups is 1. The zero-order chi connectivity index (χ0) is 25.1. The summed E-state index contributed by atoms with van der Waals surface area (Å²) in [6.45, 7) is 2.25. The number of halogens is 3. The number of nitrogens with zero attached hydrogens (tertiary/aromatic N) is 5. The van der Waals surface area contributed by atoms with E-state index in [-0.39, 0.29) is 11.7 Å². The van der Waals surface area contributed by atoms with Gasteiger partial charge in [-0.05, 0) is 47.9 Å². The minimum Gasteiger partial charge on any atom is -0.491 e. The van der Waals surface area contributed by atoms with Crippen LogP contribution in [-0.2, 0) is 6.18 Å². The fourth-order valence-corrected chi connectivity index (χ4v) is 4.27. The quantitative estimate of drug-likeness (QED) is 0.501. The van der Waals surface area contributed by atoms with Crippen molar-refractivity contribution < 1.29 is 22.7 Å². The molecular weight excluding hydrogens is 471 g/mol. The van der Waals surface area contributed by atoms with Crippen molar-refractivity contribution in [3.05, 3.63) is 77.9 Å². The van der Waals surface area contributed by atoms with Crippen molar-refractivity contribution in [3.8, 4) is 16.9 Å². The fraction of sp³-hybridized carbons (Fsp3) is 0.269. The third kappa shape index (κ3) is 5.12. The average Bonchev–Trinajstić information content (AvgIpc) is 3.26. The summed E-state index contributed by atoms with van der Waals surface area (Å²) in [5, 5.41) is 0. The highest BCUT2D eigenvalue weighted by Crippen LogP contribution is 2.33. The van der Waals surface area contributed by atoms with Crippen molar-refractivity contribution in [2.24, 2.45) is 15.9 Å². The molecular formula is C26H22F3N5O2. The number of alkyl halides is 3. The molecule has 0 saturated carbocycles. The number of hydrogen-bond acceptors (Lipinski definition) is 6. The lowest BCUT2D eigenvalue weighted by atomic mass is 10.00. The molecule has 1 fully saturated rings. The molecule has 1 saturated heterocycles. The summed E-state index contributed by atoms with van der Waals surface area (Å²) in [5.74, 6) is 1.06. The molecule has 36 heavy (non-hydrogen) atoms. The van der Waals surface area contributed by atoms with E-state index in [9.17, 15) is 18.0 Å². The molecule has 5 rings (SSSR count). The zero-order valence-electron chi connectivity index (χ0n) is 19.2. The van der Waals surface area contributed by atoms with Gasteiger partial charge in [0.2, 0.25) is 5.82 Å². The van der Waals surface area contributed by atoms with Crippen LogP contribution in [0.4, 0.5) is 13.2 Å². The summed E-state index contributed by atoms with van der Waals surface area (Å²) >= 11 is 0. The van der Waals surface area contributed by atoms with Gasteiger partial charge in [0.05, 0.1) is 17.7 Å². The van der Waals surface area contributed by atoms with E-state index in [2.05, 4.69) is 19.9 Å². The van der Waals surface area contributed by atoms with Crippen LogP contribution in [0.25, 0.3) is 11.1 Å². The molecule has 3 heterocycles. The number of aromatic nitrogens is 2. The second-order valence-electron chi connectivity index (χ2n) is 8.49. The largest absolute Gasteiger partial charge is 0.491 e. The first-order chi connectivity index (χ1) is 17.4. The predicted octanol–water partition coefficient (Wildman–Crippen LogP) is 4.53. The van der Waals surface area contributed by atoms with E-state index in [1.54, 1.807) is 12.3 Å². The van der Waals surface area contributed by atoms with E-state index in [1.807, 2.05) is 18.2 Å². The number of amidine groups is 1. The summed E-state index contributed by atoms with van der Waals surface area (Å²) in [6.07, 6.45) is 1.05. The second kappa shape index (κ2) is 9.88. The maximum absolute atomic E-state index is 13.0. The van der Waals surface area contributed by atoms with Crippen molar-refractivity contribution in [2.45, 2.75) is 12.6 Å². The lowest BCUT2D eigenvalue weighted by Crippen LogP contribution is -2.30. The van der Waals surface area contributed by atoms with Gasteiger partial charge in [0.1, 0.15) is 18.2 Å². The highest BCUT2D eigenvalue weighted by atomic mass is 19.4. The monoisotopic (exact) mass is 493 g/mol. The number of amides is 1. The Morgan fingerprint density at radius 1 is 1.08 bits per heavy atom. The molecule has 2 aliphatic heterocycles. The van der Waals surface area contributed by atoms with Crippen molar-refractivity contribution in [1.29, 1.82) is 0 Å². The van der Waals surface area contributed by atoms with Gasteiger partial charge in [0.25, 0.3) is 0 Å². The Bertz CT molecular complexity index is 1310. The van der Waals surface area contributed by atoms with Crippen LogP contribution in [0.1, 0.15) is 28.2 Å². The summed E-state index contributed by atoms with van der Waals surface area (Å²) in [4.78, 5) is 31.0. The van der Waals surface area contributed by atoms with Gasteiger partial charge in [-0.3, -0.25) is 9.79 Å². The Balaban J connectivity index is 1.35. The number of carbonyl (C=O) groups excluding carboxylic acids is 1. The van der Waals surface area contributed by atoms with Crippen LogP contribution in [0.15, 0.2) is 70.9 Å². The number of benzene rings is 2. The van der Waals surface area contributed by atoms with E-state index in [1.165, 1.54) is 24.5 Å². The summed E-state index contributed by atoms with van der Waals surface area (Å²) in [5.41, 5.74) is 1.54. The highest BCUT2D eigenvalue weighted by Gasteiger charge is 2.30. The molecule has 0 aliphatic carbocycles. The van der Waals surface area contributed by atoms with Crippen molar-refractivity contribution >= 4 is 18.0 Å². The fourth-order valence-electron chi connectivity index (χ4n) is 4.27. The second-order valence-corrected chi connectivity index (χ2v) is 8.49. The molecule has 1 aromatic heterocycles. The van der Waals surface area contributed by atoms with Gasteiger partial charge >= 0.3 is 12.1 Å². The van der Waals surface area contributed by atoms with Gasteiger partial charge in [0.15, 0.2) is 0 Å². The van der Waals surface area contributed by atoms with Gasteiger partial charge in [-0.1, -0.05) is 18.2 Å². The first-order valence-electron chi connectivity index (χ1n) is 11.5. The van der Waals surface area contributed by atoms with Crippen molar-refractivity contribution in [2.75, 3.05) is 26.2 Å². The van der Waals surface area contributed by atoms with E-state index in [0.29, 0.717) is 31.0 Å². The van der Waals surface area contributed by atoms with Crippen LogP contribution in [0, 0.1) is 5.92 Å². The molecule has 0 spiro atoms. The predicted molar refractivity (Wildman–Crippen MR) is 128 cm³/mol. The molecule has 1 amide bonds. The molecule has 184 valence electrons. The van der Waals surface area contributed by atoms with Gasteiger partial charge in [0, 0.05) is 37.6 Å². The van der Waals surface area contributed by atoms with Crippen molar-refractivity contribution in [3.63, 3.8) is 0 Å². The van der Waals surface area contributed by atoms with Crippen LogP contribution in [0.5, 0.6) is 5.75 Å². The molecule has 1 atom stereocenters. The van der Waals surface area contributed by atoms with Gasteiger partial charge in [-0.2, -0.15) is 13.2 Å². The minimum absolute atomic E-state index is 0.0473. The van der Waals surface area contributed by atoms with Gasteiger partial charge in [-0.25, -0.2) is 15.0 Å². The lowest BCUT2D eigenvalue weighted by molar-refractivity contribution is -0.137. The van der Waals surface area contributed by atoms with Crippen LogP contribution in [0.2, 0.25) is 0 Å². The number of fused-ring (bicyclic) bond motifs is 1. The number of hydrogen-bond donors (Lipinski definition) is 0. The first kappa shape index (κ1) is 23.7. The zero-order valence-corrected chi connectivity index (χ0v) is 19.2. The third-order valence-electron chi connectivity index (χ3n) is 6.06. The molecule has 2 aliphatic rings. The minimum atomic E-state index is -4.38. The van der Waals surface area contributed by atoms with Crippen LogP contribution < -0.4 is 4.74 Å². The van der Waals surface area contributed by atoms with Crippen LogP contribution in [0.3, 0.4) is 0 Å². The van der Waals surface area contributed by atoms with E-state index < -0.39 is 17.6 Å². The third-order valence-corrected chi connectivity index (χ3v) is 6.06. The summed E-state index contributed by atoms with van der Waals surface area (Å²) < 4.78 is 44.8. The molecule has 0 N–H and O–H groups in total. The maximum atomic E-state index is 13.0. The maximum Gasteiger partial charge on any atom is 0.416 e. The molecule has 0 bridgehead atoms. The van der Waals surface area contributed by atoms with E-state index >= 15 is 0 Å². The van der Waals surface area contributed by atoms with Crippen LogP contribution in [-0.4, -0.2) is 59.1 Å². The average molecular weight is 493 g/mol. The number of aliphatic imine (C=N–C) groups is 2. The molecule has 2 aromatic carbocycles. The number of likely N-dealkylation sites (tertiary alicyclic amines) is 1. The smallest absolute Gasteiger partial charge is 0.416 e. The summed E-state index contributed by atoms with van der Waals surface area (Å²) in [6, 6.07) is 12.3. The Labute approximate surface area is 205 Å². The van der Waals surface area contributed by atoms with Crippen molar-refractivity contribution in [1.82, 2.24) is 14.9 Å². The molecule has 3 aromatic rings. The van der Waals surface area contributed by atoms with E-state index in [0.717, 1.165) is 42.1 Å². The Kier molecular flexibility index (Phi) is 6.49. The Morgan fingerprint density at radius 2 is 1.83 bits per heavy atom. The lowest BCUT2D eigenvalue weighted by Gasteiger charge is -2.21. The molecule has 0 radical (unpaired) electrons. The molecule has 1 unspecified atom stereocenters.